The van der Waals surface area contributed by atoms with E-state index >= 15 is 0 Å². The molecule has 2 heterocycles. The summed E-state index contributed by atoms with van der Waals surface area (Å²) in [5.74, 6) is -0.190. The fourth-order valence-electron chi connectivity index (χ4n) is 3.27. The average molecular weight is 329 g/mol. The standard InChI is InChI=1S/C18H23N3O3/c1-13-4-3-5-14(10-13)11-18(24)6-8-21(9-7-18)16(22)15-12-20(2)17(23)19-15/h3-5,10,12,24H,6-9,11H2,1-2H3,(H,19,23). The van der Waals surface area contributed by atoms with Gasteiger partial charge in [-0.05, 0) is 25.3 Å². The molecule has 1 aromatic carbocycles. The Bertz CT molecular complexity index is 798. The Kier molecular flexibility index (Phi) is 4.32. The molecule has 0 spiro atoms. The summed E-state index contributed by atoms with van der Waals surface area (Å²) in [6.45, 7) is 3.01. The molecule has 3 rings (SSSR count). The number of carbonyl (C=O) groups is 1. The normalized spacial score (nSPS) is 17.0. The van der Waals surface area contributed by atoms with E-state index in [2.05, 4.69) is 11.1 Å². The maximum Gasteiger partial charge on any atom is 0.325 e. The first-order valence-electron chi connectivity index (χ1n) is 8.19. The highest BCUT2D eigenvalue weighted by atomic mass is 16.3. The number of likely N-dealkylation sites (tertiary alicyclic amines) is 1. The molecule has 128 valence electrons. The first kappa shape index (κ1) is 16.5. The van der Waals surface area contributed by atoms with E-state index < -0.39 is 5.60 Å². The summed E-state index contributed by atoms with van der Waals surface area (Å²) in [6, 6.07) is 8.15. The Morgan fingerprint density at radius 1 is 1.33 bits per heavy atom. The predicted molar refractivity (Wildman–Crippen MR) is 91.0 cm³/mol. The topological polar surface area (TPSA) is 78.3 Å². The van der Waals surface area contributed by atoms with Gasteiger partial charge in [-0.3, -0.25) is 4.79 Å². The Morgan fingerprint density at radius 2 is 2.04 bits per heavy atom. The number of H-pyrrole nitrogens is 1. The highest BCUT2D eigenvalue weighted by Gasteiger charge is 2.34. The lowest BCUT2D eigenvalue weighted by Gasteiger charge is -2.38. The summed E-state index contributed by atoms with van der Waals surface area (Å²) in [4.78, 5) is 28.1. The first-order valence-corrected chi connectivity index (χ1v) is 8.19. The molecule has 1 saturated heterocycles. The summed E-state index contributed by atoms with van der Waals surface area (Å²) >= 11 is 0. The zero-order chi connectivity index (χ0) is 17.3. The molecule has 2 aromatic rings. The van der Waals surface area contributed by atoms with Gasteiger partial charge in [0.15, 0.2) is 0 Å². The number of aryl methyl sites for hydroxylation is 2. The molecular formula is C18H23N3O3. The van der Waals surface area contributed by atoms with Crippen molar-refractivity contribution in [2.45, 2.75) is 31.8 Å². The first-order chi connectivity index (χ1) is 11.4. The molecular weight excluding hydrogens is 306 g/mol. The minimum Gasteiger partial charge on any atom is -0.389 e. The van der Waals surface area contributed by atoms with Gasteiger partial charge in [0.25, 0.3) is 5.91 Å². The molecule has 0 atom stereocenters. The maximum absolute atomic E-state index is 12.4. The van der Waals surface area contributed by atoms with Crippen LogP contribution in [-0.2, 0) is 13.5 Å². The van der Waals surface area contributed by atoms with Crippen molar-refractivity contribution < 1.29 is 9.90 Å². The second-order valence-electron chi connectivity index (χ2n) is 6.77. The average Bonchev–Trinajstić information content (AvgIpc) is 2.86. The summed E-state index contributed by atoms with van der Waals surface area (Å²) in [5.41, 5.74) is 1.51. The van der Waals surface area contributed by atoms with Gasteiger partial charge in [-0.25, -0.2) is 4.79 Å². The molecule has 2 N–H and O–H groups in total. The van der Waals surface area contributed by atoms with Gasteiger partial charge in [0.2, 0.25) is 0 Å². The number of benzene rings is 1. The molecule has 1 aromatic heterocycles. The molecule has 6 heteroatoms. The third-order valence-electron chi connectivity index (χ3n) is 4.71. The molecule has 1 aliphatic rings. The van der Waals surface area contributed by atoms with Gasteiger partial charge in [-0.2, -0.15) is 0 Å². The van der Waals surface area contributed by atoms with Crippen molar-refractivity contribution in [1.82, 2.24) is 14.5 Å². The van der Waals surface area contributed by atoms with Crippen LogP contribution in [0.2, 0.25) is 0 Å². The number of aromatic amines is 1. The largest absolute Gasteiger partial charge is 0.389 e. The molecule has 0 aliphatic carbocycles. The summed E-state index contributed by atoms with van der Waals surface area (Å²) in [7, 11) is 1.60. The number of aromatic nitrogens is 2. The van der Waals surface area contributed by atoms with Crippen LogP contribution in [0.1, 0.15) is 34.5 Å². The second kappa shape index (κ2) is 6.28. The molecule has 0 bridgehead atoms. The molecule has 0 saturated carbocycles. The molecule has 0 unspecified atom stereocenters. The zero-order valence-corrected chi connectivity index (χ0v) is 14.1. The smallest absolute Gasteiger partial charge is 0.325 e. The van der Waals surface area contributed by atoms with Crippen molar-refractivity contribution in [2.24, 2.45) is 7.05 Å². The van der Waals surface area contributed by atoms with E-state index in [9.17, 15) is 14.7 Å². The van der Waals surface area contributed by atoms with Gasteiger partial charge in [-0.1, -0.05) is 29.8 Å². The van der Waals surface area contributed by atoms with E-state index in [1.807, 2.05) is 25.1 Å². The van der Waals surface area contributed by atoms with Crippen molar-refractivity contribution in [2.75, 3.05) is 13.1 Å². The van der Waals surface area contributed by atoms with Crippen molar-refractivity contribution in [3.63, 3.8) is 0 Å². The van der Waals surface area contributed by atoms with Crippen LogP contribution < -0.4 is 5.69 Å². The van der Waals surface area contributed by atoms with Crippen LogP contribution >= 0.6 is 0 Å². The Balaban J connectivity index is 1.64. The third-order valence-corrected chi connectivity index (χ3v) is 4.71. The fraction of sp³-hybridized carbons (Fsp3) is 0.444. The van der Waals surface area contributed by atoms with Crippen LogP contribution in [0.15, 0.2) is 35.3 Å². The predicted octanol–water partition coefficient (Wildman–Crippen LogP) is 1.23. The minimum absolute atomic E-state index is 0.190. The maximum atomic E-state index is 12.4. The van der Waals surface area contributed by atoms with Crippen LogP contribution in [-0.4, -0.2) is 44.2 Å². The molecule has 1 fully saturated rings. The molecule has 0 radical (unpaired) electrons. The Hall–Kier alpha value is -2.34. The molecule has 6 nitrogen and oxygen atoms in total. The molecule has 1 amide bonds. The van der Waals surface area contributed by atoms with Gasteiger partial charge in [0, 0.05) is 32.8 Å². The number of nitrogens with one attached hydrogen (secondary N) is 1. The van der Waals surface area contributed by atoms with Gasteiger partial charge in [-0.15, -0.1) is 0 Å². The number of rotatable bonds is 3. The summed E-state index contributed by atoms with van der Waals surface area (Å²) in [5, 5.41) is 10.8. The highest BCUT2D eigenvalue weighted by molar-refractivity contribution is 5.92. The number of hydrogen-bond acceptors (Lipinski definition) is 3. The van der Waals surface area contributed by atoms with Crippen molar-refractivity contribution in [3.05, 3.63) is 57.8 Å². The Morgan fingerprint density at radius 3 is 2.62 bits per heavy atom. The molecule has 24 heavy (non-hydrogen) atoms. The van der Waals surface area contributed by atoms with Crippen molar-refractivity contribution >= 4 is 5.91 Å². The minimum atomic E-state index is -0.783. The lowest BCUT2D eigenvalue weighted by molar-refractivity contribution is -0.0163. The van der Waals surface area contributed by atoms with Gasteiger partial charge in [0.1, 0.15) is 5.69 Å². The number of hydrogen-bond donors (Lipinski definition) is 2. The second-order valence-corrected chi connectivity index (χ2v) is 6.77. The number of aliphatic hydroxyl groups is 1. The lowest BCUT2D eigenvalue weighted by atomic mass is 9.85. The molecule has 1 aliphatic heterocycles. The summed E-state index contributed by atoms with van der Waals surface area (Å²) in [6.07, 6.45) is 3.17. The van der Waals surface area contributed by atoms with Crippen LogP contribution in [0, 0.1) is 6.92 Å². The van der Waals surface area contributed by atoms with Crippen molar-refractivity contribution in [1.29, 1.82) is 0 Å². The van der Waals surface area contributed by atoms with Gasteiger partial charge >= 0.3 is 5.69 Å². The lowest BCUT2D eigenvalue weighted by Crippen LogP contribution is -2.47. The summed E-state index contributed by atoms with van der Waals surface area (Å²) < 4.78 is 1.35. The quantitative estimate of drug-likeness (QED) is 0.889. The third kappa shape index (κ3) is 3.43. The number of carbonyl (C=O) groups excluding carboxylic acids is 1. The zero-order valence-electron chi connectivity index (χ0n) is 14.1. The number of amides is 1. The SMILES string of the molecule is Cc1cccc(CC2(O)CCN(C(=O)c3cn(C)c(=O)[nH]3)CC2)c1. The fourth-order valence-corrected chi connectivity index (χ4v) is 3.27. The van der Waals surface area contributed by atoms with E-state index in [0.29, 0.717) is 38.0 Å². The van der Waals surface area contributed by atoms with Gasteiger partial charge in [0.05, 0.1) is 5.60 Å². The van der Waals surface area contributed by atoms with E-state index in [0.717, 1.165) is 5.56 Å². The highest BCUT2D eigenvalue weighted by Crippen LogP contribution is 2.27. The van der Waals surface area contributed by atoms with Crippen LogP contribution in [0.5, 0.6) is 0 Å². The monoisotopic (exact) mass is 329 g/mol. The van der Waals surface area contributed by atoms with E-state index in [4.69, 9.17) is 0 Å². The Labute approximate surface area is 140 Å². The van der Waals surface area contributed by atoms with Crippen LogP contribution in [0.4, 0.5) is 0 Å². The van der Waals surface area contributed by atoms with Crippen LogP contribution in [0.3, 0.4) is 0 Å². The van der Waals surface area contributed by atoms with E-state index in [1.165, 1.54) is 16.3 Å². The van der Waals surface area contributed by atoms with E-state index in [1.54, 1.807) is 11.9 Å². The van der Waals surface area contributed by atoms with E-state index in [-0.39, 0.29) is 11.6 Å². The number of imidazole rings is 1. The van der Waals surface area contributed by atoms with Gasteiger partial charge < -0.3 is 19.6 Å². The van der Waals surface area contributed by atoms with Crippen LogP contribution in [0.25, 0.3) is 0 Å². The van der Waals surface area contributed by atoms with Crippen molar-refractivity contribution in [3.8, 4) is 0 Å². The number of piperidine rings is 1. The number of nitrogens with zero attached hydrogens (tertiary/aromatic N) is 2.